The maximum absolute atomic E-state index is 2.31. The standard InChI is InChI=1S/C13H27P/c1-3-5-6-7-8-9-10-11-13-14-12-4-2/h4,12,14H,3,5-11,13H2,1-2H3. The summed E-state index contributed by atoms with van der Waals surface area (Å²) < 4.78 is 0. The van der Waals surface area contributed by atoms with E-state index < -0.39 is 0 Å². The molecule has 84 valence electrons. The van der Waals surface area contributed by atoms with E-state index in [2.05, 4.69) is 25.7 Å². The first kappa shape index (κ1) is 14.2. The van der Waals surface area contributed by atoms with Crippen LogP contribution in [-0.2, 0) is 0 Å². The summed E-state index contributed by atoms with van der Waals surface area (Å²) in [6, 6.07) is 0. The molecule has 0 aliphatic carbocycles. The molecule has 0 aromatic carbocycles. The Morgan fingerprint density at radius 3 is 2.00 bits per heavy atom. The number of unbranched alkanes of at least 4 members (excludes halogenated alkanes) is 7. The summed E-state index contributed by atoms with van der Waals surface area (Å²) in [6.45, 7) is 4.39. The molecule has 1 heteroatoms. The summed E-state index contributed by atoms with van der Waals surface area (Å²) in [7, 11) is 1.06. The second-order valence-electron chi connectivity index (χ2n) is 3.93. The van der Waals surface area contributed by atoms with Gasteiger partial charge in [-0.3, -0.25) is 0 Å². The van der Waals surface area contributed by atoms with Crippen molar-refractivity contribution in [1.82, 2.24) is 0 Å². The minimum absolute atomic E-state index is 1.06. The van der Waals surface area contributed by atoms with E-state index in [1.807, 2.05) is 0 Å². The van der Waals surface area contributed by atoms with Crippen molar-refractivity contribution in [2.45, 2.75) is 65.2 Å². The Labute approximate surface area is 92.3 Å². The largest absolute Gasteiger partial charge is 0.0988 e. The highest BCUT2D eigenvalue weighted by Crippen LogP contribution is 2.16. The van der Waals surface area contributed by atoms with Gasteiger partial charge in [-0.15, -0.1) is 0 Å². The molecular formula is C13H27P. The first-order valence-electron chi connectivity index (χ1n) is 6.26. The Kier molecular flexibility index (Phi) is 13.3. The number of hydrogen-bond acceptors (Lipinski definition) is 0. The van der Waals surface area contributed by atoms with Gasteiger partial charge in [0, 0.05) is 0 Å². The van der Waals surface area contributed by atoms with Crippen molar-refractivity contribution in [3.63, 3.8) is 0 Å². The van der Waals surface area contributed by atoms with Gasteiger partial charge in [0.25, 0.3) is 0 Å². The highest BCUT2D eigenvalue weighted by atomic mass is 31.1. The van der Waals surface area contributed by atoms with Crippen LogP contribution >= 0.6 is 8.58 Å². The molecule has 0 aromatic rings. The number of allylic oxidation sites excluding steroid dienone is 1. The molecule has 0 rings (SSSR count). The zero-order valence-corrected chi connectivity index (χ0v) is 11.0. The minimum Gasteiger partial charge on any atom is -0.0988 e. The molecule has 0 bridgehead atoms. The van der Waals surface area contributed by atoms with Crippen molar-refractivity contribution >= 4 is 8.58 Å². The Hall–Kier alpha value is 0.170. The molecule has 0 spiro atoms. The van der Waals surface area contributed by atoms with Crippen LogP contribution in [0.25, 0.3) is 0 Å². The van der Waals surface area contributed by atoms with E-state index >= 15 is 0 Å². The van der Waals surface area contributed by atoms with Gasteiger partial charge >= 0.3 is 0 Å². The molecule has 1 unspecified atom stereocenters. The van der Waals surface area contributed by atoms with E-state index in [0.717, 1.165) is 8.58 Å². The third-order valence-electron chi connectivity index (χ3n) is 2.46. The molecule has 0 saturated carbocycles. The third kappa shape index (κ3) is 12.2. The van der Waals surface area contributed by atoms with Crippen molar-refractivity contribution in [3.05, 3.63) is 11.9 Å². The summed E-state index contributed by atoms with van der Waals surface area (Å²) in [5.41, 5.74) is 0. The number of hydrogen-bond donors (Lipinski definition) is 0. The van der Waals surface area contributed by atoms with Gasteiger partial charge in [0.05, 0.1) is 0 Å². The lowest BCUT2D eigenvalue weighted by Gasteiger charge is -2.00. The first-order chi connectivity index (χ1) is 6.91. The second kappa shape index (κ2) is 13.2. The normalized spacial score (nSPS) is 12.1. The highest BCUT2D eigenvalue weighted by Gasteiger charge is 1.90. The molecule has 0 saturated heterocycles. The minimum atomic E-state index is 1.06. The highest BCUT2D eigenvalue weighted by molar-refractivity contribution is 7.41. The van der Waals surface area contributed by atoms with Crippen LogP contribution in [-0.4, -0.2) is 6.16 Å². The van der Waals surface area contributed by atoms with Crippen molar-refractivity contribution < 1.29 is 0 Å². The molecule has 0 nitrogen and oxygen atoms in total. The predicted octanol–water partition coefficient (Wildman–Crippen LogP) is 5.34. The van der Waals surface area contributed by atoms with Gasteiger partial charge in [-0.1, -0.05) is 72.3 Å². The number of rotatable bonds is 10. The Morgan fingerprint density at radius 1 is 0.857 bits per heavy atom. The summed E-state index contributed by atoms with van der Waals surface area (Å²) in [6.07, 6.45) is 15.1. The van der Waals surface area contributed by atoms with Crippen LogP contribution in [0, 0.1) is 0 Å². The third-order valence-corrected chi connectivity index (χ3v) is 3.67. The van der Waals surface area contributed by atoms with Crippen LogP contribution < -0.4 is 0 Å². The van der Waals surface area contributed by atoms with Crippen LogP contribution in [0.4, 0.5) is 0 Å². The predicted molar refractivity (Wildman–Crippen MR) is 70.6 cm³/mol. The van der Waals surface area contributed by atoms with Crippen LogP contribution in [0.5, 0.6) is 0 Å². The van der Waals surface area contributed by atoms with E-state index in [1.165, 1.54) is 57.5 Å². The maximum Gasteiger partial charge on any atom is -0.0319 e. The van der Waals surface area contributed by atoms with Crippen molar-refractivity contribution in [1.29, 1.82) is 0 Å². The van der Waals surface area contributed by atoms with Gasteiger partial charge in [0.1, 0.15) is 0 Å². The van der Waals surface area contributed by atoms with Gasteiger partial charge < -0.3 is 0 Å². The molecule has 0 amide bonds. The van der Waals surface area contributed by atoms with Crippen LogP contribution in [0.3, 0.4) is 0 Å². The smallest absolute Gasteiger partial charge is 0.0319 e. The molecule has 0 heterocycles. The van der Waals surface area contributed by atoms with Gasteiger partial charge in [0.15, 0.2) is 0 Å². The Bertz CT molecular complexity index is 118. The topological polar surface area (TPSA) is 0 Å². The monoisotopic (exact) mass is 214 g/mol. The molecule has 1 atom stereocenters. The van der Waals surface area contributed by atoms with E-state index in [1.54, 1.807) is 0 Å². The lowest BCUT2D eigenvalue weighted by molar-refractivity contribution is 0.586. The van der Waals surface area contributed by atoms with Gasteiger partial charge in [0.2, 0.25) is 0 Å². The van der Waals surface area contributed by atoms with Crippen molar-refractivity contribution in [2.24, 2.45) is 0 Å². The zero-order valence-electron chi connectivity index (χ0n) is 10.0. The van der Waals surface area contributed by atoms with E-state index in [4.69, 9.17) is 0 Å². The average Bonchev–Trinajstić information content (AvgIpc) is 2.21. The Morgan fingerprint density at radius 2 is 1.43 bits per heavy atom. The van der Waals surface area contributed by atoms with Crippen molar-refractivity contribution in [2.75, 3.05) is 6.16 Å². The summed E-state index contributed by atoms with van der Waals surface area (Å²) >= 11 is 0. The fourth-order valence-electron chi connectivity index (χ4n) is 1.56. The molecule has 0 aliphatic rings. The second-order valence-corrected chi connectivity index (χ2v) is 5.17. The quantitative estimate of drug-likeness (QED) is 0.340. The van der Waals surface area contributed by atoms with E-state index in [0.29, 0.717) is 0 Å². The fraction of sp³-hybridized carbons (Fsp3) is 0.846. The average molecular weight is 214 g/mol. The Balaban J connectivity index is 2.85. The van der Waals surface area contributed by atoms with Crippen molar-refractivity contribution in [3.8, 4) is 0 Å². The van der Waals surface area contributed by atoms with Gasteiger partial charge in [-0.05, 0) is 19.5 Å². The maximum atomic E-state index is 2.31. The van der Waals surface area contributed by atoms with Gasteiger partial charge in [-0.25, -0.2) is 0 Å². The van der Waals surface area contributed by atoms with Crippen LogP contribution in [0.2, 0.25) is 0 Å². The summed E-state index contributed by atoms with van der Waals surface area (Å²) in [5.74, 6) is 2.31. The molecule has 0 aromatic heterocycles. The van der Waals surface area contributed by atoms with E-state index in [9.17, 15) is 0 Å². The molecule has 14 heavy (non-hydrogen) atoms. The zero-order chi connectivity index (χ0) is 10.5. The fourth-order valence-corrected chi connectivity index (χ4v) is 2.42. The molecule has 0 aliphatic heterocycles. The first-order valence-corrected chi connectivity index (χ1v) is 7.54. The summed E-state index contributed by atoms with van der Waals surface area (Å²) in [4.78, 5) is 0. The molecule has 0 fully saturated rings. The van der Waals surface area contributed by atoms with Crippen LogP contribution in [0.1, 0.15) is 65.2 Å². The van der Waals surface area contributed by atoms with E-state index in [-0.39, 0.29) is 0 Å². The molecular weight excluding hydrogens is 187 g/mol. The molecule has 0 radical (unpaired) electrons. The van der Waals surface area contributed by atoms with Crippen LogP contribution in [0.15, 0.2) is 11.9 Å². The lowest BCUT2D eigenvalue weighted by atomic mass is 10.1. The lowest BCUT2D eigenvalue weighted by Crippen LogP contribution is -1.81. The summed E-state index contributed by atoms with van der Waals surface area (Å²) in [5, 5.41) is 0. The molecule has 0 N–H and O–H groups in total. The SMILES string of the molecule is CC=CPCCCCCCCCCC. The van der Waals surface area contributed by atoms with Gasteiger partial charge in [-0.2, -0.15) is 0 Å².